The van der Waals surface area contributed by atoms with Crippen LogP contribution in [0.4, 0.5) is 0 Å². The number of rotatable bonds is 3. The molecule has 0 aliphatic rings. The van der Waals surface area contributed by atoms with Gasteiger partial charge in [0.05, 0.1) is 12.7 Å². The summed E-state index contributed by atoms with van der Waals surface area (Å²) in [6.45, 7) is 0. The highest BCUT2D eigenvalue weighted by Crippen LogP contribution is 1.87. The molecule has 0 saturated carbocycles. The minimum atomic E-state index is -0.967. The standard InChI is InChI=1S/C4H8O3S/c1-8(7)3-2-4(5)6/h2-3H2,1H3,(H,5,6). The lowest BCUT2D eigenvalue weighted by Crippen LogP contribution is -2.07. The molecule has 0 aliphatic heterocycles. The second-order valence-corrected chi connectivity index (χ2v) is 2.98. The fraction of sp³-hybridized carbons (Fsp3) is 0.750. The maximum atomic E-state index is 10.2. The Labute approximate surface area is 50.9 Å². The Hall–Kier alpha value is -0.220. The largest absolute Gasteiger partial charge is 0.617 e. The molecule has 1 unspecified atom stereocenters. The molecule has 0 saturated heterocycles. The van der Waals surface area contributed by atoms with E-state index in [1.165, 1.54) is 6.26 Å². The van der Waals surface area contributed by atoms with E-state index in [1.54, 1.807) is 0 Å². The first-order valence-corrected chi connectivity index (χ1v) is 3.87. The van der Waals surface area contributed by atoms with Gasteiger partial charge in [-0.25, -0.2) is 0 Å². The van der Waals surface area contributed by atoms with Gasteiger partial charge in [0.1, 0.15) is 5.75 Å². The average Bonchev–Trinajstić information content (AvgIpc) is 1.61. The molecule has 0 aromatic carbocycles. The van der Waals surface area contributed by atoms with E-state index >= 15 is 0 Å². The quantitative estimate of drug-likeness (QED) is 0.548. The number of carbonyl (C=O) groups is 1. The van der Waals surface area contributed by atoms with Crippen LogP contribution in [0, 0.1) is 0 Å². The predicted molar refractivity (Wildman–Crippen MR) is 31.2 cm³/mol. The zero-order chi connectivity index (χ0) is 6.57. The number of aliphatic carboxylic acids is 1. The normalized spacial score (nSPS) is 13.2. The van der Waals surface area contributed by atoms with Gasteiger partial charge in [0.2, 0.25) is 0 Å². The van der Waals surface area contributed by atoms with Gasteiger partial charge in [0, 0.05) is 0 Å². The molecule has 0 aromatic rings. The van der Waals surface area contributed by atoms with Crippen molar-refractivity contribution in [3.05, 3.63) is 0 Å². The summed E-state index contributed by atoms with van der Waals surface area (Å²) in [5.74, 6) is -0.629. The Kier molecular flexibility index (Phi) is 3.64. The van der Waals surface area contributed by atoms with Gasteiger partial charge < -0.3 is 9.66 Å². The van der Waals surface area contributed by atoms with Crippen molar-refractivity contribution in [2.75, 3.05) is 12.0 Å². The van der Waals surface area contributed by atoms with Gasteiger partial charge in [-0.3, -0.25) is 4.79 Å². The Morgan fingerprint density at radius 2 is 2.38 bits per heavy atom. The zero-order valence-corrected chi connectivity index (χ0v) is 5.40. The fourth-order valence-corrected chi connectivity index (χ4v) is 0.693. The van der Waals surface area contributed by atoms with Crippen molar-refractivity contribution in [2.24, 2.45) is 0 Å². The highest BCUT2D eigenvalue weighted by molar-refractivity contribution is 7.90. The summed E-state index contributed by atoms with van der Waals surface area (Å²) < 4.78 is 10.2. The molecule has 0 radical (unpaired) electrons. The molecule has 0 aromatic heterocycles. The van der Waals surface area contributed by atoms with E-state index in [0.717, 1.165) is 0 Å². The number of hydrogen-bond acceptors (Lipinski definition) is 2. The molecule has 48 valence electrons. The molecule has 1 atom stereocenters. The second-order valence-electron chi connectivity index (χ2n) is 1.42. The molecule has 0 heterocycles. The Bertz CT molecular complexity index is 81.4. The Morgan fingerprint density at radius 3 is 2.50 bits per heavy atom. The summed E-state index contributed by atoms with van der Waals surface area (Å²) in [6.07, 6.45) is 1.49. The lowest BCUT2D eigenvalue weighted by molar-refractivity contribution is -0.136. The van der Waals surface area contributed by atoms with Gasteiger partial charge in [-0.1, -0.05) is 11.2 Å². The van der Waals surface area contributed by atoms with Gasteiger partial charge in [0.25, 0.3) is 0 Å². The third kappa shape index (κ3) is 5.78. The van der Waals surface area contributed by atoms with Crippen molar-refractivity contribution in [1.29, 1.82) is 0 Å². The van der Waals surface area contributed by atoms with Crippen LogP contribution in [0.25, 0.3) is 0 Å². The van der Waals surface area contributed by atoms with Crippen molar-refractivity contribution in [2.45, 2.75) is 6.42 Å². The lowest BCUT2D eigenvalue weighted by atomic mass is 10.5. The van der Waals surface area contributed by atoms with E-state index in [1.807, 2.05) is 0 Å². The first kappa shape index (κ1) is 7.78. The molecule has 0 rings (SSSR count). The van der Waals surface area contributed by atoms with Crippen molar-refractivity contribution in [1.82, 2.24) is 0 Å². The summed E-state index contributed by atoms with van der Waals surface area (Å²) in [4.78, 5) is 9.77. The first-order chi connectivity index (χ1) is 3.63. The van der Waals surface area contributed by atoms with Crippen molar-refractivity contribution >= 4 is 17.1 Å². The summed E-state index contributed by atoms with van der Waals surface area (Å²) in [5, 5.41) is 8.03. The molecular weight excluding hydrogens is 128 g/mol. The SMILES string of the molecule is C[S+]([O-])CCC(=O)O. The number of hydrogen-bond donors (Lipinski definition) is 1. The van der Waals surface area contributed by atoms with E-state index in [4.69, 9.17) is 5.11 Å². The molecule has 1 N–H and O–H groups in total. The van der Waals surface area contributed by atoms with E-state index in [0.29, 0.717) is 0 Å². The molecule has 3 nitrogen and oxygen atoms in total. The highest BCUT2D eigenvalue weighted by atomic mass is 32.2. The summed E-state index contributed by atoms with van der Waals surface area (Å²) in [5.41, 5.74) is 0. The first-order valence-electron chi connectivity index (χ1n) is 2.14. The topological polar surface area (TPSA) is 60.4 Å². The van der Waals surface area contributed by atoms with Crippen LogP contribution in [0.15, 0.2) is 0 Å². The molecule has 4 heteroatoms. The molecule has 8 heavy (non-hydrogen) atoms. The molecule has 0 bridgehead atoms. The highest BCUT2D eigenvalue weighted by Gasteiger charge is 2.01. The van der Waals surface area contributed by atoms with Gasteiger partial charge in [-0.2, -0.15) is 0 Å². The number of carboxylic acid groups (broad SMARTS) is 1. The van der Waals surface area contributed by atoms with E-state index in [-0.39, 0.29) is 12.2 Å². The minimum Gasteiger partial charge on any atom is -0.617 e. The minimum absolute atomic E-state index is 0.00309. The smallest absolute Gasteiger partial charge is 0.308 e. The van der Waals surface area contributed by atoms with E-state index < -0.39 is 17.1 Å². The predicted octanol–water partition coefficient (Wildman–Crippen LogP) is -0.160. The van der Waals surface area contributed by atoms with Crippen LogP contribution in [0.5, 0.6) is 0 Å². The summed E-state index contributed by atoms with van der Waals surface area (Å²) in [6, 6.07) is 0. The zero-order valence-electron chi connectivity index (χ0n) is 4.59. The van der Waals surface area contributed by atoms with Crippen LogP contribution in [-0.2, 0) is 16.0 Å². The van der Waals surface area contributed by atoms with Crippen molar-refractivity contribution in [3.63, 3.8) is 0 Å². The van der Waals surface area contributed by atoms with Gasteiger partial charge in [-0.05, 0) is 0 Å². The van der Waals surface area contributed by atoms with Crippen LogP contribution in [0.3, 0.4) is 0 Å². The van der Waals surface area contributed by atoms with Crippen LogP contribution in [-0.4, -0.2) is 27.6 Å². The van der Waals surface area contributed by atoms with E-state index in [2.05, 4.69) is 0 Å². The van der Waals surface area contributed by atoms with Gasteiger partial charge in [-0.15, -0.1) is 0 Å². The fourth-order valence-electron chi connectivity index (χ4n) is 0.231. The lowest BCUT2D eigenvalue weighted by Gasteiger charge is -1.99. The number of carboxylic acids is 1. The Balaban J connectivity index is 3.05. The molecular formula is C4H8O3S. The van der Waals surface area contributed by atoms with Crippen LogP contribution in [0.2, 0.25) is 0 Å². The van der Waals surface area contributed by atoms with Gasteiger partial charge in [0.15, 0.2) is 0 Å². The van der Waals surface area contributed by atoms with Crippen LogP contribution >= 0.6 is 0 Å². The van der Waals surface area contributed by atoms with E-state index in [9.17, 15) is 9.35 Å². The van der Waals surface area contributed by atoms with Crippen LogP contribution < -0.4 is 0 Å². The summed E-state index contributed by atoms with van der Waals surface area (Å²) >= 11 is -0.967. The monoisotopic (exact) mass is 136 g/mol. The third-order valence-corrected chi connectivity index (χ3v) is 1.38. The third-order valence-electron chi connectivity index (χ3n) is 0.603. The van der Waals surface area contributed by atoms with Crippen molar-refractivity contribution in [3.8, 4) is 0 Å². The molecule has 0 spiro atoms. The summed E-state index contributed by atoms with van der Waals surface area (Å²) in [7, 11) is 0. The second kappa shape index (κ2) is 3.74. The average molecular weight is 136 g/mol. The molecule has 0 amide bonds. The van der Waals surface area contributed by atoms with Crippen molar-refractivity contribution < 1.29 is 14.5 Å². The van der Waals surface area contributed by atoms with Crippen LogP contribution in [0.1, 0.15) is 6.42 Å². The Morgan fingerprint density at radius 1 is 1.88 bits per heavy atom. The van der Waals surface area contributed by atoms with Gasteiger partial charge >= 0.3 is 5.97 Å². The maximum Gasteiger partial charge on any atom is 0.308 e. The molecule has 0 aliphatic carbocycles. The molecule has 0 fully saturated rings. The maximum absolute atomic E-state index is 10.2.